The lowest BCUT2D eigenvalue weighted by molar-refractivity contribution is 0.213. The van der Waals surface area contributed by atoms with Gasteiger partial charge in [0.05, 0.1) is 11.8 Å². The molecule has 0 spiro atoms. The van der Waals surface area contributed by atoms with Crippen LogP contribution in [0, 0.1) is 17.2 Å². The van der Waals surface area contributed by atoms with Crippen molar-refractivity contribution in [3.05, 3.63) is 0 Å². The van der Waals surface area contributed by atoms with E-state index in [2.05, 4.69) is 15.7 Å². The molecular formula is C11H21N3O2S. The summed E-state index contributed by atoms with van der Waals surface area (Å²) in [6.07, 6.45) is 1.11. The van der Waals surface area contributed by atoms with Gasteiger partial charge < -0.3 is 4.90 Å². The summed E-state index contributed by atoms with van der Waals surface area (Å²) in [6, 6.07) is 2.15. The summed E-state index contributed by atoms with van der Waals surface area (Å²) in [6.45, 7) is 5.20. The van der Waals surface area contributed by atoms with Crippen molar-refractivity contribution in [2.24, 2.45) is 5.92 Å². The molecule has 0 saturated carbocycles. The molecule has 1 rings (SSSR count). The highest BCUT2D eigenvalue weighted by Gasteiger charge is 2.37. The molecule has 1 heterocycles. The molecule has 98 valence electrons. The summed E-state index contributed by atoms with van der Waals surface area (Å²) in [5.74, 6) is 0.140. The molecule has 1 N–H and O–H groups in total. The fraction of sp³-hybridized carbons (Fsp3) is 0.909. The number of nitriles is 1. The molecule has 0 aromatic carbocycles. The number of rotatable bonds is 4. The number of hydrogen-bond donors (Lipinski definition) is 1. The minimum atomic E-state index is -3.36. The molecule has 6 heteroatoms. The second-order valence-corrected chi connectivity index (χ2v) is 7.04. The molecule has 0 atom stereocenters. The van der Waals surface area contributed by atoms with Gasteiger partial charge in [0, 0.05) is 13.1 Å². The maximum absolute atomic E-state index is 11.9. The van der Waals surface area contributed by atoms with E-state index in [4.69, 9.17) is 0 Å². The van der Waals surface area contributed by atoms with Crippen LogP contribution in [0.25, 0.3) is 0 Å². The van der Waals surface area contributed by atoms with Crippen LogP contribution in [-0.2, 0) is 10.0 Å². The van der Waals surface area contributed by atoms with Crippen LogP contribution in [0.3, 0.4) is 0 Å². The Bertz CT molecular complexity index is 389. The Morgan fingerprint density at radius 1 is 1.41 bits per heavy atom. The van der Waals surface area contributed by atoms with Crippen molar-refractivity contribution in [2.45, 2.75) is 32.2 Å². The highest BCUT2D eigenvalue weighted by Crippen LogP contribution is 2.22. The minimum absolute atomic E-state index is 0.0644. The summed E-state index contributed by atoms with van der Waals surface area (Å²) in [7, 11) is -1.38. The molecule has 0 bridgehead atoms. The van der Waals surface area contributed by atoms with Crippen LogP contribution in [0.15, 0.2) is 0 Å². The number of likely N-dealkylation sites (tertiary alicyclic amines) is 1. The molecule has 1 aliphatic rings. The highest BCUT2D eigenvalue weighted by molar-refractivity contribution is 7.89. The average molecular weight is 259 g/mol. The van der Waals surface area contributed by atoms with Crippen LogP contribution >= 0.6 is 0 Å². The van der Waals surface area contributed by atoms with E-state index >= 15 is 0 Å². The molecule has 0 aliphatic carbocycles. The van der Waals surface area contributed by atoms with Crippen LogP contribution in [0.2, 0.25) is 0 Å². The molecule has 1 fully saturated rings. The minimum Gasteiger partial charge on any atom is -0.306 e. The van der Waals surface area contributed by atoms with Crippen molar-refractivity contribution in [1.82, 2.24) is 9.62 Å². The van der Waals surface area contributed by atoms with Gasteiger partial charge in [0.1, 0.15) is 5.54 Å². The monoisotopic (exact) mass is 259 g/mol. The normalized spacial score (nSPS) is 21.4. The van der Waals surface area contributed by atoms with E-state index in [9.17, 15) is 13.7 Å². The smallest absolute Gasteiger partial charge is 0.213 e. The van der Waals surface area contributed by atoms with Gasteiger partial charge in [-0.25, -0.2) is 8.42 Å². The highest BCUT2D eigenvalue weighted by atomic mass is 32.2. The van der Waals surface area contributed by atoms with Gasteiger partial charge in [0.15, 0.2) is 0 Å². The van der Waals surface area contributed by atoms with E-state index in [0.29, 0.717) is 12.8 Å². The molecule has 0 amide bonds. The lowest BCUT2D eigenvalue weighted by atomic mass is 9.91. The van der Waals surface area contributed by atoms with Gasteiger partial charge in [-0.05, 0) is 25.8 Å². The molecule has 0 aromatic rings. The van der Waals surface area contributed by atoms with E-state index in [-0.39, 0.29) is 11.7 Å². The summed E-state index contributed by atoms with van der Waals surface area (Å²) in [4.78, 5) is 2.10. The molecule has 1 saturated heterocycles. The molecule has 5 nitrogen and oxygen atoms in total. The van der Waals surface area contributed by atoms with Crippen LogP contribution in [0.1, 0.15) is 26.7 Å². The molecule has 1 aliphatic heterocycles. The van der Waals surface area contributed by atoms with Crippen molar-refractivity contribution in [3.63, 3.8) is 0 Å². The van der Waals surface area contributed by atoms with E-state index in [1.807, 2.05) is 20.9 Å². The van der Waals surface area contributed by atoms with Gasteiger partial charge >= 0.3 is 0 Å². The fourth-order valence-corrected chi connectivity index (χ4v) is 3.82. The first kappa shape index (κ1) is 14.4. The van der Waals surface area contributed by atoms with Gasteiger partial charge in [-0.15, -0.1) is 0 Å². The predicted molar refractivity (Wildman–Crippen MR) is 66.8 cm³/mol. The van der Waals surface area contributed by atoms with E-state index in [1.54, 1.807) is 0 Å². The van der Waals surface area contributed by atoms with Crippen LogP contribution in [0.4, 0.5) is 0 Å². The fourth-order valence-electron chi connectivity index (χ4n) is 2.02. The van der Waals surface area contributed by atoms with Crippen LogP contribution in [0.5, 0.6) is 0 Å². The van der Waals surface area contributed by atoms with Crippen molar-refractivity contribution in [3.8, 4) is 6.07 Å². The Balaban J connectivity index is 2.74. The lowest BCUT2D eigenvalue weighted by Gasteiger charge is -2.35. The Hall–Kier alpha value is -0.640. The second-order valence-electron chi connectivity index (χ2n) is 5.27. The van der Waals surface area contributed by atoms with Crippen molar-refractivity contribution in [1.29, 1.82) is 5.26 Å². The summed E-state index contributed by atoms with van der Waals surface area (Å²) in [5, 5.41) is 9.23. The topological polar surface area (TPSA) is 73.2 Å². The van der Waals surface area contributed by atoms with E-state index < -0.39 is 15.6 Å². The number of nitrogens with zero attached hydrogens (tertiary/aromatic N) is 2. The maximum atomic E-state index is 11.9. The zero-order valence-corrected chi connectivity index (χ0v) is 11.5. The largest absolute Gasteiger partial charge is 0.306 e. The molecule has 0 radical (unpaired) electrons. The second kappa shape index (κ2) is 5.34. The van der Waals surface area contributed by atoms with Crippen molar-refractivity contribution >= 4 is 10.0 Å². The first-order chi connectivity index (χ1) is 7.79. The van der Waals surface area contributed by atoms with Gasteiger partial charge in [-0.1, -0.05) is 13.8 Å². The third kappa shape index (κ3) is 4.26. The van der Waals surface area contributed by atoms with Crippen LogP contribution < -0.4 is 4.72 Å². The molecular weight excluding hydrogens is 238 g/mol. The zero-order chi connectivity index (χ0) is 13.1. The third-order valence-corrected chi connectivity index (χ3v) is 4.77. The summed E-state index contributed by atoms with van der Waals surface area (Å²) < 4.78 is 26.4. The number of hydrogen-bond acceptors (Lipinski definition) is 4. The van der Waals surface area contributed by atoms with E-state index in [0.717, 1.165) is 13.1 Å². The van der Waals surface area contributed by atoms with E-state index in [1.165, 1.54) is 0 Å². The summed E-state index contributed by atoms with van der Waals surface area (Å²) >= 11 is 0. The van der Waals surface area contributed by atoms with Gasteiger partial charge in [-0.2, -0.15) is 9.98 Å². The zero-order valence-electron chi connectivity index (χ0n) is 10.7. The maximum Gasteiger partial charge on any atom is 0.213 e. The van der Waals surface area contributed by atoms with Crippen molar-refractivity contribution < 1.29 is 8.42 Å². The number of sulfonamides is 1. The van der Waals surface area contributed by atoms with Crippen LogP contribution in [-0.4, -0.2) is 44.7 Å². The number of nitrogens with one attached hydrogen (secondary N) is 1. The van der Waals surface area contributed by atoms with Gasteiger partial charge in [0.25, 0.3) is 0 Å². The number of piperidine rings is 1. The first-order valence-corrected chi connectivity index (χ1v) is 7.55. The van der Waals surface area contributed by atoms with Crippen molar-refractivity contribution in [2.75, 3.05) is 25.9 Å². The Labute approximate surface area is 104 Å². The Kier molecular flexibility index (Phi) is 4.53. The standard InChI is InChI=1S/C11H21N3O2S/c1-10(2)8-17(15,16)13-11(9-12)4-6-14(3)7-5-11/h10,13H,4-8H2,1-3H3. The molecule has 0 aromatic heterocycles. The Morgan fingerprint density at radius 3 is 2.35 bits per heavy atom. The first-order valence-electron chi connectivity index (χ1n) is 5.90. The molecule has 0 unspecified atom stereocenters. The quantitative estimate of drug-likeness (QED) is 0.800. The summed E-state index contributed by atoms with van der Waals surface area (Å²) in [5.41, 5.74) is -0.903. The lowest BCUT2D eigenvalue weighted by Crippen LogP contribution is -2.54. The average Bonchev–Trinajstić information content (AvgIpc) is 2.19. The predicted octanol–water partition coefficient (Wildman–Crippen LogP) is 0.550. The van der Waals surface area contributed by atoms with Gasteiger partial charge in [-0.3, -0.25) is 0 Å². The Morgan fingerprint density at radius 2 is 1.94 bits per heavy atom. The van der Waals surface area contributed by atoms with Gasteiger partial charge in [0.2, 0.25) is 10.0 Å². The molecule has 17 heavy (non-hydrogen) atoms. The SMILES string of the molecule is CC(C)CS(=O)(=O)NC1(C#N)CCN(C)CC1. The third-order valence-electron chi connectivity index (χ3n) is 2.96.